The van der Waals surface area contributed by atoms with Gasteiger partial charge < -0.3 is 0 Å². The Morgan fingerprint density at radius 2 is 1.92 bits per heavy atom. The Morgan fingerprint density at radius 3 is 2.38 bits per heavy atom. The van der Waals surface area contributed by atoms with Gasteiger partial charge in [-0.3, -0.25) is 8.37 Å². The van der Waals surface area contributed by atoms with E-state index in [9.17, 15) is 17.4 Å². The molecule has 0 aliphatic heterocycles. The second-order valence-corrected chi connectivity index (χ2v) is 3.14. The van der Waals surface area contributed by atoms with Gasteiger partial charge in [0.2, 0.25) is 0 Å². The zero-order valence-corrected chi connectivity index (χ0v) is 7.91. The van der Waals surface area contributed by atoms with Crippen molar-refractivity contribution in [2.75, 3.05) is 13.2 Å². The van der Waals surface area contributed by atoms with Crippen LogP contribution >= 0.6 is 0 Å². The monoisotopic (exact) mass is 220 g/mol. The summed E-state index contributed by atoms with van der Waals surface area (Å²) in [4.78, 5) is 0. The van der Waals surface area contributed by atoms with Gasteiger partial charge in [-0.15, -0.1) is 0 Å². The first-order chi connectivity index (χ1) is 5.95. The summed E-state index contributed by atoms with van der Waals surface area (Å²) in [6.07, 6.45) is -3.01. The standard InChI is InChI=1S/C6H11F3O3S/c1-2-3-4-11-13(10)12-5-6(7,8)9/h2-5H2,1H3. The summed E-state index contributed by atoms with van der Waals surface area (Å²) in [5.41, 5.74) is 0. The van der Waals surface area contributed by atoms with Crippen LogP contribution in [0.4, 0.5) is 13.2 Å². The molecule has 0 amide bonds. The number of rotatable bonds is 6. The van der Waals surface area contributed by atoms with E-state index in [1.807, 2.05) is 6.92 Å². The minimum Gasteiger partial charge on any atom is -0.268 e. The van der Waals surface area contributed by atoms with E-state index < -0.39 is 24.1 Å². The van der Waals surface area contributed by atoms with Gasteiger partial charge in [-0.2, -0.15) is 17.4 Å². The first kappa shape index (κ1) is 12.9. The number of halogens is 3. The number of alkyl halides is 3. The minimum atomic E-state index is -4.47. The Hall–Kier alpha value is -0.140. The van der Waals surface area contributed by atoms with E-state index in [0.29, 0.717) is 6.42 Å². The lowest BCUT2D eigenvalue weighted by molar-refractivity contribution is -0.153. The number of hydrogen-bond donors (Lipinski definition) is 0. The van der Waals surface area contributed by atoms with Gasteiger partial charge in [-0.1, -0.05) is 13.3 Å². The van der Waals surface area contributed by atoms with Crippen LogP contribution in [0.25, 0.3) is 0 Å². The van der Waals surface area contributed by atoms with E-state index in [2.05, 4.69) is 8.37 Å². The van der Waals surface area contributed by atoms with Crippen molar-refractivity contribution < 1.29 is 25.7 Å². The first-order valence-electron chi connectivity index (χ1n) is 3.70. The fraction of sp³-hybridized carbons (Fsp3) is 1.00. The van der Waals surface area contributed by atoms with Gasteiger partial charge in [0.25, 0.3) is 0 Å². The van der Waals surface area contributed by atoms with E-state index in [1.54, 1.807) is 0 Å². The minimum absolute atomic E-state index is 0.140. The predicted octanol–water partition coefficient (Wildman–Crippen LogP) is 1.96. The van der Waals surface area contributed by atoms with Gasteiger partial charge in [0.1, 0.15) is 0 Å². The van der Waals surface area contributed by atoms with Crippen LogP contribution < -0.4 is 0 Å². The molecule has 0 fully saturated rings. The van der Waals surface area contributed by atoms with Gasteiger partial charge in [0, 0.05) is 0 Å². The maximum Gasteiger partial charge on any atom is 0.413 e. The molecular weight excluding hydrogens is 209 g/mol. The zero-order chi connectivity index (χ0) is 10.3. The largest absolute Gasteiger partial charge is 0.413 e. The second-order valence-electron chi connectivity index (χ2n) is 2.26. The fourth-order valence-corrected chi connectivity index (χ4v) is 0.972. The van der Waals surface area contributed by atoms with Crippen molar-refractivity contribution >= 4 is 11.4 Å². The van der Waals surface area contributed by atoms with Crippen LogP contribution in [0.5, 0.6) is 0 Å². The third kappa shape index (κ3) is 9.78. The summed E-state index contributed by atoms with van der Waals surface area (Å²) in [6.45, 7) is 0.468. The lowest BCUT2D eigenvalue weighted by atomic mass is 10.4. The van der Waals surface area contributed by atoms with Gasteiger partial charge in [0.05, 0.1) is 6.61 Å². The Kier molecular flexibility index (Phi) is 6.27. The third-order valence-electron chi connectivity index (χ3n) is 0.996. The van der Waals surface area contributed by atoms with Crippen LogP contribution in [0.1, 0.15) is 19.8 Å². The average molecular weight is 220 g/mol. The summed E-state index contributed by atoms with van der Waals surface area (Å²) in [5.74, 6) is 0. The highest BCUT2D eigenvalue weighted by Crippen LogP contribution is 2.15. The fourth-order valence-electron chi connectivity index (χ4n) is 0.420. The summed E-state index contributed by atoms with van der Waals surface area (Å²) < 4.78 is 53.3. The second kappa shape index (κ2) is 6.33. The highest BCUT2D eigenvalue weighted by atomic mass is 32.2. The molecule has 0 aromatic heterocycles. The molecule has 13 heavy (non-hydrogen) atoms. The molecule has 7 heteroatoms. The molecule has 0 N–H and O–H groups in total. The summed E-state index contributed by atoms with van der Waals surface area (Å²) in [7, 11) is 0. The molecular formula is C6H11F3O3S. The molecule has 0 bridgehead atoms. The SMILES string of the molecule is CCCCOS(=O)OCC(F)(F)F. The van der Waals surface area contributed by atoms with Crippen molar-refractivity contribution in [1.29, 1.82) is 0 Å². The highest BCUT2D eigenvalue weighted by molar-refractivity contribution is 7.75. The van der Waals surface area contributed by atoms with Crippen LogP contribution in [-0.2, 0) is 19.7 Å². The molecule has 3 nitrogen and oxygen atoms in total. The topological polar surface area (TPSA) is 35.5 Å². The van der Waals surface area contributed by atoms with E-state index in [-0.39, 0.29) is 6.61 Å². The Balaban J connectivity index is 3.41. The predicted molar refractivity (Wildman–Crippen MR) is 41.0 cm³/mol. The molecule has 1 unspecified atom stereocenters. The van der Waals surface area contributed by atoms with Crippen molar-refractivity contribution in [2.45, 2.75) is 25.9 Å². The molecule has 0 aromatic rings. The van der Waals surface area contributed by atoms with Crippen molar-refractivity contribution in [3.63, 3.8) is 0 Å². The molecule has 0 saturated carbocycles. The zero-order valence-electron chi connectivity index (χ0n) is 7.10. The highest BCUT2D eigenvalue weighted by Gasteiger charge is 2.29. The summed E-state index contributed by atoms with van der Waals surface area (Å²) in [6, 6.07) is 0. The maximum atomic E-state index is 11.5. The summed E-state index contributed by atoms with van der Waals surface area (Å²) in [5, 5.41) is 0. The van der Waals surface area contributed by atoms with Gasteiger partial charge in [-0.05, 0) is 6.42 Å². The lowest BCUT2D eigenvalue weighted by Gasteiger charge is -2.05. The van der Waals surface area contributed by atoms with Gasteiger partial charge in [0.15, 0.2) is 6.61 Å². The van der Waals surface area contributed by atoms with E-state index in [4.69, 9.17) is 0 Å². The normalized spacial score (nSPS) is 14.5. The Morgan fingerprint density at radius 1 is 1.31 bits per heavy atom. The van der Waals surface area contributed by atoms with Crippen LogP contribution in [0.15, 0.2) is 0 Å². The Bertz CT molecular complexity index is 160. The molecule has 0 aromatic carbocycles. The molecule has 0 radical (unpaired) electrons. The maximum absolute atomic E-state index is 11.5. The smallest absolute Gasteiger partial charge is 0.268 e. The van der Waals surface area contributed by atoms with E-state index in [0.717, 1.165) is 6.42 Å². The first-order valence-corrected chi connectivity index (χ1v) is 4.70. The number of hydrogen-bond acceptors (Lipinski definition) is 3. The van der Waals surface area contributed by atoms with Crippen LogP contribution in [0.3, 0.4) is 0 Å². The van der Waals surface area contributed by atoms with Crippen LogP contribution in [-0.4, -0.2) is 23.6 Å². The molecule has 0 heterocycles. The molecule has 1 atom stereocenters. The van der Waals surface area contributed by atoms with E-state index in [1.165, 1.54) is 0 Å². The Labute approximate surface area is 77.1 Å². The van der Waals surface area contributed by atoms with Crippen molar-refractivity contribution in [3.05, 3.63) is 0 Å². The average Bonchev–Trinajstić information content (AvgIpc) is 2.00. The molecule has 0 saturated heterocycles. The molecule has 0 spiro atoms. The van der Waals surface area contributed by atoms with Crippen molar-refractivity contribution in [3.8, 4) is 0 Å². The molecule has 80 valence electrons. The van der Waals surface area contributed by atoms with Gasteiger partial charge in [-0.25, -0.2) is 0 Å². The van der Waals surface area contributed by atoms with Crippen molar-refractivity contribution in [1.82, 2.24) is 0 Å². The van der Waals surface area contributed by atoms with E-state index >= 15 is 0 Å². The van der Waals surface area contributed by atoms with Gasteiger partial charge >= 0.3 is 17.5 Å². The quantitative estimate of drug-likeness (QED) is 0.642. The van der Waals surface area contributed by atoms with Crippen molar-refractivity contribution in [2.24, 2.45) is 0 Å². The molecule has 0 aliphatic rings. The lowest BCUT2D eigenvalue weighted by Crippen LogP contribution is -2.18. The van der Waals surface area contributed by atoms with Crippen LogP contribution in [0.2, 0.25) is 0 Å². The third-order valence-corrected chi connectivity index (χ3v) is 1.67. The molecule has 0 aliphatic carbocycles. The number of unbranched alkanes of at least 4 members (excludes halogenated alkanes) is 1. The van der Waals surface area contributed by atoms with Crippen LogP contribution in [0, 0.1) is 0 Å². The molecule has 0 rings (SSSR count). The summed E-state index contributed by atoms with van der Waals surface area (Å²) >= 11 is -2.29.